The molecule has 6 heteroatoms. The Morgan fingerprint density at radius 3 is 2.56 bits per heavy atom. The van der Waals surface area contributed by atoms with Gasteiger partial charge in [0.05, 0.1) is 5.69 Å². The fourth-order valence-corrected chi connectivity index (χ4v) is 4.06. The molecule has 1 aromatic heterocycles. The predicted octanol–water partition coefficient (Wildman–Crippen LogP) is 1.35. The average Bonchev–Trinajstić information content (AvgIpc) is 2.87. The third-order valence-corrected chi connectivity index (χ3v) is 5.57. The van der Waals surface area contributed by atoms with Crippen molar-refractivity contribution in [2.75, 3.05) is 39.3 Å². The standard InChI is InChI=1S/C19H30N4O2/c24-15-17-14-23(19(25)6-5-18-11-20-7-8-21-18)13-16(17)12-22-9-3-1-2-4-10-22/h7-8,11,16-17,24H,1-6,9-10,12-15H2. The summed E-state index contributed by atoms with van der Waals surface area (Å²) in [6, 6.07) is 0. The van der Waals surface area contributed by atoms with Crippen molar-refractivity contribution in [1.82, 2.24) is 19.8 Å². The number of aryl methyl sites for hydroxylation is 1. The number of hydrogen-bond donors (Lipinski definition) is 1. The van der Waals surface area contributed by atoms with Crippen LogP contribution in [0.3, 0.4) is 0 Å². The summed E-state index contributed by atoms with van der Waals surface area (Å²) in [5.41, 5.74) is 0.856. The van der Waals surface area contributed by atoms with Crippen LogP contribution >= 0.6 is 0 Å². The topological polar surface area (TPSA) is 69.6 Å². The first kappa shape index (κ1) is 18.3. The zero-order valence-corrected chi connectivity index (χ0v) is 15.0. The van der Waals surface area contributed by atoms with Crippen molar-refractivity contribution in [3.05, 3.63) is 24.3 Å². The molecule has 2 aliphatic rings. The molecule has 1 N–H and O–H groups in total. The first-order valence-corrected chi connectivity index (χ1v) is 9.62. The van der Waals surface area contributed by atoms with E-state index in [0.717, 1.165) is 31.9 Å². The van der Waals surface area contributed by atoms with Gasteiger partial charge in [-0.2, -0.15) is 0 Å². The molecule has 0 saturated carbocycles. The fraction of sp³-hybridized carbons (Fsp3) is 0.737. The highest BCUT2D eigenvalue weighted by Gasteiger charge is 2.35. The summed E-state index contributed by atoms with van der Waals surface area (Å²) in [6.07, 6.45) is 11.3. The SMILES string of the molecule is O=C(CCc1cnccn1)N1CC(CO)C(CN2CCCCCC2)C1. The van der Waals surface area contributed by atoms with Gasteiger partial charge in [0.25, 0.3) is 0 Å². The summed E-state index contributed by atoms with van der Waals surface area (Å²) in [4.78, 5) is 25.3. The number of hydrogen-bond acceptors (Lipinski definition) is 5. The van der Waals surface area contributed by atoms with Gasteiger partial charge >= 0.3 is 0 Å². The van der Waals surface area contributed by atoms with Crippen molar-refractivity contribution in [1.29, 1.82) is 0 Å². The molecule has 0 radical (unpaired) electrons. The van der Waals surface area contributed by atoms with Gasteiger partial charge in [0.1, 0.15) is 0 Å². The van der Waals surface area contributed by atoms with E-state index in [9.17, 15) is 9.90 Å². The summed E-state index contributed by atoms with van der Waals surface area (Å²) in [5.74, 6) is 0.773. The van der Waals surface area contributed by atoms with Crippen molar-refractivity contribution in [2.24, 2.45) is 11.8 Å². The van der Waals surface area contributed by atoms with E-state index >= 15 is 0 Å². The summed E-state index contributed by atoms with van der Waals surface area (Å²) in [6.45, 7) is 4.98. The van der Waals surface area contributed by atoms with E-state index in [1.165, 1.54) is 25.7 Å². The van der Waals surface area contributed by atoms with E-state index in [1.54, 1.807) is 18.6 Å². The van der Waals surface area contributed by atoms with Crippen LogP contribution in [0.5, 0.6) is 0 Å². The molecule has 2 fully saturated rings. The van der Waals surface area contributed by atoms with Gasteiger partial charge in [-0.05, 0) is 38.3 Å². The molecule has 0 bridgehead atoms. The lowest BCUT2D eigenvalue weighted by Gasteiger charge is -2.26. The number of amides is 1. The highest BCUT2D eigenvalue weighted by Crippen LogP contribution is 2.26. The molecule has 1 aromatic rings. The summed E-state index contributed by atoms with van der Waals surface area (Å²) in [5, 5.41) is 9.75. The molecule has 2 atom stereocenters. The van der Waals surface area contributed by atoms with E-state index in [4.69, 9.17) is 0 Å². The molecular weight excluding hydrogens is 316 g/mol. The van der Waals surface area contributed by atoms with Crippen LogP contribution in [-0.2, 0) is 11.2 Å². The third-order valence-electron chi connectivity index (χ3n) is 5.57. The number of nitrogens with zero attached hydrogens (tertiary/aromatic N) is 4. The third kappa shape index (κ3) is 5.22. The predicted molar refractivity (Wildman–Crippen MR) is 95.9 cm³/mol. The molecule has 3 heterocycles. The van der Waals surface area contributed by atoms with Crippen molar-refractivity contribution < 1.29 is 9.90 Å². The van der Waals surface area contributed by atoms with Gasteiger partial charge in [-0.1, -0.05) is 12.8 Å². The van der Waals surface area contributed by atoms with Crippen molar-refractivity contribution in [3.8, 4) is 0 Å². The Morgan fingerprint density at radius 2 is 1.88 bits per heavy atom. The minimum atomic E-state index is 0.169. The minimum Gasteiger partial charge on any atom is -0.396 e. The van der Waals surface area contributed by atoms with E-state index in [0.29, 0.717) is 25.3 Å². The summed E-state index contributed by atoms with van der Waals surface area (Å²) < 4.78 is 0. The van der Waals surface area contributed by atoms with Gasteiger partial charge in [0.15, 0.2) is 0 Å². The van der Waals surface area contributed by atoms with Crippen molar-refractivity contribution >= 4 is 5.91 Å². The van der Waals surface area contributed by atoms with E-state index in [1.807, 2.05) is 4.90 Å². The lowest BCUT2D eigenvalue weighted by atomic mass is 9.96. The number of likely N-dealkylation sites (tertiary alicyclic amines) is 2. The molecule has 0 aliphatic carbocycles. The maximum Gasteiger partial charge on any atom is 0.222 e. The first-order valence-electron chi connectivity index (χ1n) is 9.62. The van der Waals surface area contributed by atoms with Crippen LogP contribution in [-0.4, -0.2) is 70.1 Å². The van der Waals surface area contributed by atoms with Crippen molar-refractivity contribution in [2.45, 2.75) is 38.5 Å². The Kier molecular flexibility index (Phi) is 6.76. The monoisotopic (exact) mass is 346 g/mol. The van der Waals surface area contributed by atoms with Crippen LogP contribution in [0.25, 0.3) is 0 Å². The molecule has 2 saturated heterocycles. The Labute approximate surface area is 150 Å². The molecule has 0 spiro atoms. The molecule has 2 unspecified atom stereocenters. The lowest BCUT2D eigenvalue weighted by Crippen LogP contribution is -2.35. The number of rotatable bonds is 6. The maximum absolute atomic E-state index is 12.6. The van der Waals surface area contributed by atoms with Crippen LogP contribution in [0.1, 0.15) is 37.8 Å². The van der Waals surface area contributed by atoms with Crippen LogP contribution in [0, 0.1) is 11.8 Å². The number of carbonyl (C=O) groups excluding carboxylic acids is 1. The molecular formula is C19H30N4O2. The Hall–Kier alpha value is -1.53. The smallest absolute Gasteiger partial charge is 0.222 e. The number of carbonyl (C=O) groups is 1. The normalized spacial score (nSPS) is 25.1. The van der Waals surface area contributed by atoms with Gasteiger partial charge in [-0.15, -0.1) is 0 Å². The largest absolute Gasteiger partial charge is 0.396 e. The molecule has 6 nitrogen and oxygen atoms in total. The summed E-state index contributed by atoms with van der Waals surface area (Å²) >= 11 is 0. The molecule has 1 amide bonds. The quantitative estimate of drug-likeness (QED) is 0.842. The van der Waals surface area contributed by atoms with E-state index < -0.39 is 0 Å². The highest BCUT2D eigenvalue weighted by atomic mass is 16.3. The van der Waals surface area contributed by atoms with E-state index in [2.05, 4.69) is 14.9 Å². The van der Waals surface area contributed by atoms with Gasteiger partial charge in [0, 0.05) is 57.2 Å². The highest BCUT2D eigenvalue weighted by molar-refractivity contribution is 5.76. The second kappa shape index (κ2) is 9.25. The second-order valence-corrected chi connectivity index (χ2v) is 7.41. The first-order chi connectivity index (χ1) is 12.3. The number of aliphatic hydroxyl groups excluding tert-OH is 1. The van der Waals surface area contributed by atoms with E-state index in [-0.39, 0.29) is 18.4 Å². The zero-order valence-electron chi connectivity index (χ0n) is 15.0. The number of aliphatic hydroxyl groups is 1. The summed E-state index contributed by atoms with van der Waals surface area (Å²) in [7, 11) is 0. The number of aromatic nitrogens is 2. The van der Waals surface area contributed by atoms with Crippen LogP contribution in [0.15, 0.2) is 18.6 Å². The van der Waals surface area contributed by atoms with Gasteiger partial charge in [-0.3, -0.25) is 14.8 Å². The van der Waals surface area contributed by atoms with Gasteiger partial charge < -0.3 is 14.9 Å². The van der Waals surface area contributed by atoms with Crippen molar-refractivity contribution in [3.63, 3.8) is 0 Å². The van der Waals surface area contributed by atoms with Gasteiger partial charge in [0.2, 0.25) is 5.91 Å². The molecule has 138 valence electrons. The second-order valence-electron chi connectivity index (χ2n) is 7.41. The fourth-order valence-electron chi connectivity index (χ4n) is 4.06. The molecule has 0 aromatic carbocycles. The maximum atomic E-state index is 12.6. The zero-order chi connectivity index (χ0) is 17.5. The van der Waals surface area contributed by atoms with Gasteiger partial charge in [-0.25, -0.2) is 0 Å². The molecule has 2 aliphatic heterocycles. The van der Waals surface area contributed by atoms with Crippen LogP contribution < -0.4 is 0 Å². The minimum absolute atomic E-state index is 0.169. The Balaban J connectivity index is 1.50. The lowest BCUT2D eigenvalue weighted by molar-refractivity contribution is -0.130. The molecule has 25 heavy (non-hydrogen) atoms. The Bertz CT molecular complexity index is 531. The Morgan fingerprint density at radius 1 is 1.12 bits per heavy atom. The average molecular weight is 346 g/mol. The molecule has 3 rings (SSSR count). The van der Waals surface area contributed by atoms with Crippen LogP contribution in [0.2, 0.25) is 0 Å². The van der Waals surface area contributed by atoms with Crippen LogP contribution in [0.4, 0.5) is 0 Å².